The molecule has 1 unspecified atom stereocenters. The van der Waals surface area contributed by atoms with Crippen LogP contribution in [0.15, 0.2) is 53.9 Å². The number of nitrogens with one attached hydrogen (secondary N) is 1. The van der Waals surface area contributed by atoms with Crippen LogP contribution in [0.2, 0.25) is 0 Å². The molecule has 166 valence electrons. The van der Waals surface area contributed by atoms with Crippen LogP contribution >= 0.6 is 11.3 Å². The highest BCUT2D eigenvalue weighted by atomic mass is 32.1. The fourth-order valence-corrected chi connectivity index (χ4v) is 4.85. The van der Waals surface area contributed by atoms with Gasteiger partial charge in [0.25, 0.3) is 0 Å². The van der Waals surface area contributed by atoms with Crippen LogP contribution in [0.1, 0.15) is 29.7 Å². The second-order valence-corrected chi connectivity index (χ2v) is 9.23. The minimum absolute atomic E-state index is 0.0909. The number of benzene rings is 2. The van der Waals surface area contributed by atoms with Gasteiger partial charge in [0.2, 0.25) is 11.8 Å². The molecular formula is C25H28N4O2S. The van der Waals surface area contributed by atoms with Crippen molar-refractivity contribution in [2.45, 2.75) is 32.7 Å². The summed E-state index contributed by atoms with van der Waals surface area (Å²) in [6, 6.07) is 16.1. The average molecular weight is 449 g/mol. The SMILES string of the molecule is Cc1ccc(-c2nc(CC(=O)Nc3ccccc3CN3CCCC(C(N)=O)C3)cs2)cc1. The molecule has 32 heavy (non-hydrogen) atoms. The molecule has 0 saturated carbocycles. The molecule has 3 N–H and O–H groups in total. The number of likely N-dealkylation sites (tertiary alicyclic amines) is 1. The maximum absolute atomic E-state index is 12.7. The fraction of sp³-hybridized carbons (Fsp3) is 0.320. The lowest BCUT2D eigenvalue weighted by Crippen LogP contribution is -2.40. The van der Waals surface area contributed by atoms with Crippen LogP contribution in [0.4, 0.5) is 5.69 Å². The number of aromatic nitrogens is 1. The first-order valence-corrected chi connectivity index (χ1v) is 11.8. The highest BCUT2D eigenvalue weighted by Crippen LogP contribution is 2.25. The summed E-state index contributed by atoms with van der Waals surface area (Å²) >= 11 is 1.55. The van der Waals surface area contributed by atoms with Crippen LogP contribution < -0.4 is 11.1 Å². The van der Waals surface area contributed by atoms with E-state index in [1.807, 2.05) is 29.6 Å². The first kappa shape index (κ1) is 22.2. The molecule has 1 saturated heterocycles. The van der Waals surface area contributed by atoms with Gasteiger partial charge in [-0.3, -0.25) is 14.5 Å². The number of para-hydroxylation sites is 1. The number of anilines is 1. The molecule has 0 aliphatic carbocycles. The molecule has 7 heteroatoms. The average Bonchev–Trinajstić information content (AvgIpc) is 3.24. The highest BCUT2D eigenvalue weighted by molar-refractivity contribution is 7.13. The predicted octanol–water partition coefficient (Wildman–Crippen LogP) is 4.00. The molecule has 0 radical (unpaired) electrons. The Balaban J connectivity index is 1.39. The van der Waals surface area contributed by atoms with Crippen molar-refractivity contribution in [3.8, 4) is 10.6 Å². The Morgan fingerprint density at radius 1 is 1.19 bits per heavy atom. The van der Waals surface area contributed by atoms with Gasteiger partial charge in [0.05, 0.1) is 18.0 Å². The summed E-state index contributed by atoms with van der Waals surface area (Å²) < 4.78 is 0. The quantitative estimate of drug-likeness (QED) is 0.572. The predicted molar refractivity (Wildman–Crippen MR) is 128 cm³/mol. The molecule has 3 aromatic rings. The van der Waals surface area contributed by atoms with Crippen LogP contribution in [0.25, 0.3) is 10.6 Å². The third-order valence-electron chi connectivity index (χ3n) is 5.79. The summed E-state index contributed by atoms with van der Waals surface area (Å²) in [5.74, 6) is -0.422. The van der Waals surface area contributed by atoms with Gasteiger partial charge >= 0.3 is 0 Å². The van der Waals surface area contributed by atoms with Crippen molar-refractivity contribution in [3.05, 3.63) is 70.7 Å². The molecule has 0 spiro atoms. The summed E-state index contributed by atoms with van der Waals surface area (Å²) in [6.07, 6.45) is 2.03. The van der Waals surface area contributed by atoms with E-state index < -0.39 is 0 Å². The van der Waals surface area contributed by atoms with E-state index in [4.69, 9.17) is 5.73 Å². The molecule has 1 atom stereocenters. The van der Waals surface area contributed by atoms with E-state index in [1.54, 1.807) is 11.3 Å². The zero-order valence-electron chi connectivity index (χ0n) is 18.2. The molecule has 2 amide bonds. The van der Waals surface area contributed by atoms with E-state index in [0.717, 1.165) is 46.9 Å². The summed E-state index contributed by atoms with van der Waals surface area (Å²) in [5.41, 5.74) is 10.4. The number of hydrogen-bond donors (Lipinski definition) is 2. The van der Waals surface area contributed by atoms with Gasteiger partial charge in [0.15, 0.2) is 0 Å². The number of aryl methyl sites for hydroxylation is 1. The van der Waals surface area contributed by atoms with Crippen molar-refractivity contribution >= 4 is 28.8 Å². The fourth-order valence-electron chi connectivity index (χ4n) is 4.03. The lowest BCUT2D eigenvalue weighted by Gasteiger charge is -2.31. The second-order valence-electron chi connectivity index (χ2n) is 8.37. The Kier molecular flexibility index (Phi) is 6.97. The van der Waals surface area contributed by atoms with E-state index in [0.29, 0.717) is 13.1 Å². The van der Waals surface area contributed by atoms with E-state index in [1.165, 1.54) is 5.56 Å². The van der Waals surface area contributed by atoms with Gasteiger partial charge in [-0.05, 0) is 37.9 Å². The Morgan fingerprint density at radius 2 is 1.97 bits per heavy atom. The van der Waals surface area contributed by atoms with Crippen molar-refractivity contribution < 1.29 is 9.59 Å². The molecule has 1 aliphatic rings. The van der Waals surface area contributed by atoms with Crippen LogP contribution in [-0.4, -0.2) is 34.8 Å². The zero-order chi connectivity index (χ0) is 22.5. The first-order valence-electron chi connectivity index (χ1n) is 10.9. The number of nitrogens with two attached hydrogens (primary N) is 1. The molecule has 2 aromatic carbocycles. The first-order chi connectivity index (χ1) is 15.5. The number of thiazole rings is 1. The lowest BCUT2D eigenvalue weighted by atomic mass is 9.97. The zero-order valence-corrected chi connectivity index (χ0v) is 19.0. The minimum atomic E-state index is -0.232. The van der Waals surface area contributed by atoms with Gasteiger partial charge < -0.3 is 11.1 Å². The summed E-state index contributed by atoms with van der Waals surface area (Å²) in [4.78, 5) is 31.2. The van der Waals surface area contributed by atoms with E-state index in [9.17, 15) is 9.59 Å². The molecule has 6 nitrogen and oxygen atoms in total. The Labute approximate surface area is 192 Å². The molecule has 2 heterocycles. The number of hydrogen-bond acceptors (Lipinski definition) is 5. The number of primary amides is 1. The van der Waals surface area contributed by atoms with Crippen LogP contribution in [-0.2, 0) is 22.6 Å². The maximum atomic E-state index is 12.7. The molecule has 1 fully saturated rings. The maximum Gasteiger partial charge on any atom is 0.230 e. The minimum Gasteiger partial charge on any atom is -0.369 e. The van der Waals surface area contributed by atoms with E-state index in [-0.39, 0.29) is 24.2 Å². The van der Waals surface area contributed by atoms with E-state index >= 15 is 0 Å². The third-order valence-corrected chi connectivity index (χ3v) is 6.73. The monoisotopic (exact) mass is 448 g/mol. The molecule has 4 rings (SSSR count). The van der Waals surface area contributed by atoms with Gasteiger partial charge in [-0.2, -0.15) is 0 Å². The van der Waals surface area contributed by atoms with E-state index in [2.05, 4.69) is 46.4 Å². The summed E-state index contributed by atoms with van der Waals surface area (Å²) in [7, 11) is 0. The van der Waals surface area contributed by atoms with Crippen LogP contribution in [0.3, 0.4) is 0 Å². The number of carbonyl (C=O) groups excluding carboxylic acids is 2. The largest absolute Gasteiger partial charge is 0.369 e. The highest BCUT2D eigenvalue weighted by Gasteiger charge is 2.24. The number of nitrogens with zero attached hydrogens (tertiary/aromatic N) is 2. The van der Waals surface area contributed by atoms with Crippen molar-refractivity contribution in [1.82, 2.24) is 9.88 Å². The van der Waals surface area contributed by atoms with Crippen molar-refractivity contribution in [1.29, 1.82) is 0 Å². The standard InChI is InChI=1S/C25H28N4O2S/c1-17-8-10-18(11-9-17)25-27-21(16-32-25)13-23(30)28-22-7-3-2-5-19(22)14-29-12-4-6-20(15-29)24(26)31/h2-3,5,7-11,16,20H,4,6,12-15H2,1H3,(H2,26,31)(H,28,30). The smallest absolute Gasteiger partial charge is 0.230 e. The number of carbonyl (C=O) groups is 2. The van der Waals surface area contributed by atoms with Crippen molar-refractivity contribution in [2.24, 2.45) is 11.7 Å². The van der Waals surface area contributed by atoms with Gasteiger partial charge in [0.1, 0.15) is 5.01 Å². The van der Waals surface area contributed by atoms with Gasteiger partial charge in [-0.25, -0.2) is 4.98 Å². The van der Waals surface area contributed by atoms with Crippen molar-refractivity contribution in [3.63, 3.8) is 0 Å². The topological polar surface area (TPSA) is 88.3 Å². The van der Waals surface area contributed by atoms with Gasteiger partial charge in [0, 0.05) is 29.7 Å². The second kappa shape index (κ2) is 10.1. The molecular weight excluding hydrogens is 420 g/mol. The Hall–Kier alpha value is -3.03. The lowest BCUT2D eigenvalue weighted by molar-refractivity contribution is -0.123. The molecule has 0 bridgehead atoms. The van der Waals surface area contributed by atoms with Crippen LogP contribution in [0, 0.1) is 12.8 Å². The van der Waals surface area contributed by atoms with Gasteiger partial charge in [-0.1, -0.05) is 48.0 Å². The summed E-state index contributed by atoms with van der Waals surface area (Å²) in [6.45, 7) is 4.32. The van der Waals surface area contributed by atoms with Crippen LogP contribution in [0.5, 0.6) is 0 Å². The third kappa shape index (κ3) is 5.60. The molecule has 1 aromatic heterocycles. The number of amides is 2. The Morgan fingerprint density at radius 3 is 2.75 bits per heavy atom. The summed E-state index contributed by atoms with van der Waals surface area (Å²) in [5, 5.41) is 5.91. The number of rotatable bonds is 7. The normalized spacial score (nSPS) is 16.6. The van der Waals surface area contributed by atoms with Crippen molar-refractivity contribution in [2.75, 3.05) is 18.4 Å². The number of piperidine rings is 1. The molecule has 1 aliphatic heterocycles. The Bertz CT molecular complexity index is 1090. The van der Waals surface area contributed by atoms with Gasteiger partial charge in [-0.15, -0.1) is 11.3 Å².